The Morgan fingerprint density at radius 2 is 2.06 bits per heavy atom. The van der Waals surface area contributed by atoms with Gasteiger partial charge in [-0.3, -0.25) is 0 Å². The first-order valence-corrected chi connectivity index (χ1v) is 6.59. The fourth-order valence-corrected chi connectivity index (χ4v) is 2.83. The molecule has 0 aliphatic rings. The van der Waals surface area contributed by atoms with Crippen LogP contribution >= 0.6 is 34.5 Å². The SMILES string of the molecule is COc1cc(Cl)c(C(N)c2cccs2)cc1Cl. The first kappa shape index (κ1) is 12.7. The maximum Gasteiger partial charge on any atom is 0.138 e. The second-order valence-electron chi connectivity index (χ2n) is 3.50. The van der Waals surface area contributed by atoms with Crippen molar-refractivity contribution in [3.05, 3.63) is 50.1 Å². The average molecular weight is 288 g/mol. The maximum atomic E-state index is 6.18. The highest BCUT2D eigenvalue weighted by molar-refractivity contribution is 7.10. The molecule has 1 heterocycles. The van der Waals surface area contributed by atoms with Crippen molar-refractivity contribution in [1.82, 2.24) is 0 Å². The van der Waals surface area contributed by atoms with E-state index >= 15 is 0 Å². The van der Waals surface area contributed by atoms with Crippen LogP contribution in [0, 0.1) is 0 Å². The Labute approximate surface area is 114 Å². The minimum Gasteiger partial charge on any atom is -0.495 e. The van der Waals surface area contributed by atoms with Crippen LogP contribution in [0.15, 0.2) is 29.6 Å². The largest absolute Gasteiger partial charge is 0.495 e. The molecule has 0 spiro atoms. The number of rotatable bonds is 3. The Hall–Kier alpha value is -0.740. The predicted octanol–water partition coefficient (Wildman–Crippen LogP) is 4.11. The van der Waals surface area contributed by atoms with Crippen molar-refractivity contribution < 1.29 is 4.74 Å². The molecule has 2 rings (SSSR count). The fourth-order valence-electron chi connectivity index (χ4n) is 1.56. The number of halogens is 2. The highest BCUT2D eigenvalue weighted by Gasteiger charge is 2.16. The first-order chi connectivity index (χ1) is 8.13. The second-order valence-corrected chi connectivity index (χ2v) is 5.30. The third-order valence-corrected chi connectivity index (χ3v) is 4.03. The Morgan fingerprint density at radius 1 is 1.29 bits per heavy atom. The Morgan fingerprint density at radius 3 is 2.65 bits per heavy atom. The monoisotopic (exact) mass is 287 g/mol. The molecular weight excluding hydrogens is 277 g/mol. The standard InChI is InChI=1S/C12H11Cl2NOS/c1-16-10-6-8(13)7(5-9(10)14)12(15)11-3-2-4-17-11/h2-6,12H,15H2,1H3. The summed E-state index contributed by atoms with van der Waals surface area (Å²) < 4.78 is 5.10. The number of nitrogens with two attached hydrogens (primary N) is 1. The minimum atomic E-state index is -0.258. The summed E-state index contributed by atoms with van der Waals surface area (Å²) in [5.41, 5.74) is 6.95. The van der Waals surface area contributed by atoms with Crippen LogP contribution in [0.5, 0.6) is 5.75 Å². The van der Waals surface area contributed by atoms with Crippen molar-refractivity contribution in [2.45, 2.75) is 6.04 Å². The molecule has 1 unspecified atom stereocenters. The van der Waals surface area contributed by atoms with E-state index in [1.54, 1.807) is 30.6 Å². The van der Waals surface area contributed by atoms with E-state index in [-0.39, 0.29) is 6.04 Å². The quantitative estimate of drug-likeness (QED) is 0.922. The van der Waals surface area contributed by atoms with Gasteiger partial charge in [-0.2, -0.15) is 0 Å². The zero-order valence-electron chi connectivity index (χ0n) is 9.11. The van der Waals surface area contributed by atoms with E-state index in [0.29, 0.717) is 15.8 Å². The number of methoxy groups -OCH3 is 1. The van der Waals surface area contributed by atoms with Gasteiger partial charge in [0.15, 0.2) is 0 Å². The van der Waals surface area contributed by atoms with Crippen molar-refractivity contribution in [2.24, 2.45) is 5.73 Å². The summed E-state index contributed by atoms with van der Waals surface area (Å²) in [4.78, 5) is 1.05. The zero-order valence-corrected chi connectivity index (χ0v) is 11.4. The van der Waals surface area contributed by atoms with Gasteiger partial charge in [0.25, 0.3) is 0 Å². The van der Waals surface area contributed by atoms with Crippen LogP contribution in [0.25, 0.3) is 0 Å². The molecule has 1 aromatic heterocycles. The zero-order chi connectivity index (χ0) is 12.4. The van der Waals surface area contributed by atoms with Crippen LogP contribution < -0.4 is 10.5 Å². The molecule has 2 nitrogen and oxygen atoms in total. The molecule has 0 amide bonds. The van der Waals surface area contributed by atoms with E-state index < -0.39 is 0 Å². The van der Waals surface area contributed by atoms with E-state index in [0.717, 1.165) is 10.4 Å². The van der Waals surface area contributed by atoms with Crippen molar-refractivity contribution in [3.8, 4) is 5.75 Å². The van der Waals surface area contributed by atoms with Gasteiger partial charge in [0.1, 0.15) is 5.75 Å². The molecule has 0 saturated carbocycles. The normalized spacial score (nSPS) is 12.5. The summed E-state index contributed by atoms with van der Waals surface area (Å²) in [6, 6.07) is 7.12. The number of thiophene rings is 1. The lowest BCUT2D eigenvalue weighted by atomic mass is 10.1. The van der Waals surface area contributed by atoms with Gasteiger partial charge >= 0.3 is 0 Å². The van der Waals surface area contributed by atoms with Gasteiger partial charge in [-0.1, -0.05) is 29.3 Å². The summed E-state index contributed by atoms with van der Waals surface area (Å²) in [7, 11) is 1.55. The Balaban J connectivity index is 2.42. The summed E-state index contributed by atoms with van der Waals surface area (Å²) in [6.07, 6.45) is 0. The van der Waals surface area contributed by atoms with Crippen molar-refractivity contribution in [1.29, 1.82) is 0 Å². The highest BCUT2D eigenvalue weighted by atomic mass is 35.5. The molecule has 0 saturated heterocycles. The molecular formula is C12H11Cl2NOS. The third kappa shape index (κ3) is 2.58. The number of benzene rings is 1. The van der Waals surface area contributed by atoms with Crippen LogP contribution in [0.4, 0.5) is 0 Å². The lowest BCUT2D eigenvalue weighted by Gasteiger charge is -2.14. The number of hydrogen-bond donors (Lipinski definition) is 1. The molecule has 0 radical (unpaired) electrons. The molecule has 2 N–H and O–H groups in total. The molecule has 1 aromatic carbocycles. The second kappa shape index (κ2) is 5.27. The summed E-state index contributed by atoms with van der Waals surface area (Å²) in [5.74, 6) is 0.554. The van der Waals surface area contributed by atoms with E-state index in [9.17, 15) is 0 Å². The lowest BCUT2D eigenvalue weighted by Crippen LogP contribution is -2.11. The van der Waals surface area contributed by atoms with Crippen LogP contribution in [0.3, 0.4) is 0 Å². The van der Waals surface area contributed by atoms with E-state index in [2.05, 4.69) is 0 Å². The molecule has 0 bridgehead atoms. The number of ether oxygens (including phenoxy) is 1. The molecule has 0 aliphatic carbocycles. The fraction of sp³-hybridized carbons (Fsp3) is 0.167. The Kier molecular flexibility index (Phi) is 3.94. The molecule has 0 fully saturated rings. The summed E-state index contributed by atoms with van der Waals surface area (Å²) in [5, 5.41) is 3.06. The molecule has 2 aromatic rings. The minimum absolute atomic E-state index is 0.258. The van der Waals surface area contributed by atoms with Gasteiger partial charge in [-0.25, -0.2) is 0 Å². The molecule has 5 heteroatoms. The van der Waals surface area contributed by atoms with E-state index in [1.807, 2.05) is 17.5 Å². The van der Waals surface area contributed by atoms with Gasteiger partial charge in [0.2, 0.25) is 0 Å². The lowest BCUT2D eigenvalue weighted by molar-refractivity contribution is 0.415. The number of hydrogen-bond acceptors (Lipinski definition) is 3. The topological polar surface area (TPSA) is 35.2 Å². The van der Waals surface area contributed by atoms with Gasteiger partial charge in [0.05, 0.1) is 18.2 Å². The third-order valence-electron chi connectivity index (χ3n) is 2.46. The van der Waals surface area contributed by atoms with Crippen LogP contribution in [0.1, 0.15) is 16.5 Å². The van der Waals surface area contributed by atoms with E-state index in [4.69, 9.17) is 33.7 Å². The predicted molar refractivity (Wildman–Crippen MR) is 73.4 cm³/mol. The smallest absolute Gasteiger partial charge is 0.138 e. The van der Waals surface area contributed by atoms with Crippen LogP contribution in [-0.4, -0.2) is 7.11 Å². The molecule has 1 atom stereocenters. The Bertz CT molecular complexity index is 513. The summed E-state index contributed by atoms with van der Waals surface area (Å²) in [6.45, 7) is 0. The first-order valence-electron chi connectivity index (χ1n) is 4.95. The van der Waals surface area contributed by atoms with Crippen molar-refractivity contribution >= 4 is 34.5 Å². The molecule has 17 heavy (non-hydrogen) atoms. The van der Waals surface area contributed by atoms with Crippen LogP contribution in [-0.2, 0) is 0 Å². The van der Waals surface area contributed by atoms with Gasteiger partial charge in [-0.05, 0) is 23.1 Å². The maximum absolute atomic E-state index is 6.18. The van der Waals surface area contributed by atoms with Gasteiger partial charge in [0, 0.05) is 16.0 Å². The molecule has 0 aliphatic heterocycles. The average Bonchev–Trinajstić information content (AvgIpc) is 2.84. The highest BCUT2D eigenvalue weighted by Crippen LogP contribution is 2.36. The summed E-state index contributed by atoms with van der Waals surface area (Å²) >= 11 is 13.8. The van der Waals surface area contributed by atoms with Crippen LogP contribution in [0.2, 0.25) is 10.0 Å². The van der Waals surface area contributed by atoms with Gasteiger partial charge < -0.3 is 10.5 Å². The van der Waals surface area contributed by atoms with E-state index in [1.165, 1.54) is 0 Å². The van der Waals surface area contributed by atoms with Crippen molar-refractivity contribution in [2.75, 3.05) is 7.11 Å². The van der Waals surface area contributed by atoms with Crippen molar-refractivity contribution in [3.63, 3.8) is 0 Å². The molecule has 90 valence electrons. The van der Waals surface area contributed by atoms with Gasteiger partial charge in [-0.15, -0.1) is 11.3 Å².